The van der Waals surface area contributed by atoms with Gasteiger partial charge in [0.15, 0.2) is 0 Å². The van der Waals surface area contributed by atoms with Gasteiger partial charge in [-0.2, -0.15) is 0 Å². The summed E-state index contributed by atoms with van der Waals surface area (Å²) in [6.45, 7) is 0. The van der Waals surface area contributed by atoms with E-state index in [9.17, 15) is 0 Å². The van der Waals surface area contributed by atoms with Gasteiger partial charge < -0.3 is 0 Å². The standard InChI is InChI=1S/C42H26N6/c1-2-9-28(10-3-1)33-23-21-30-19-20-31-22-24-34(46-39(31)38(30)45-33)29-17-15-27(16-18-29)32-11-8-14-37-40(32)48-42(36-13-5-7-26-44-36)41(47-37)35-12-4-6-25-43-35/h1-26H. The molecule has 0 fully saturated rings. The van der Waals surface area contributed by atoms with Gasteiger partial charge in [-0.05, 0) is 48.0 Å². The van der Waals surface area contributed by atoms with Crippen LogP contribution in [0.5, 0.6) is 0 Å². The molecule has 48 heavy (non-hydrogen) atoms. The monoisotopic (exact) mass is 614 g/mol. The van der Waals surface area contributed by atoms with Crippen LogP contribution in [-0.2, 0) is 0 Å². The Bertz CT molecular complexity index is 2590. The molecule has 0 unspecified atom stereocenters. The lowest BCUT2D eigenvalue weighted by Gasteiger charge is -2.12. The van der Waals surface area contributed by atoms with E-state index in [0.717, 1.165) is 77.9 Å². The Kier molecular flexibility index (Phi) is 6.68. The van der Waals surface area contributed by atoms with Crippen LogP contribution in [0.15, 0.2) is 158 Å². The van der Waals surface area contributed by atoms with Crippen LogP contribution >= 0.6 is 0 Å². The number of rotatable bonds is 5. The van der Waals surface area contributed by atoms with E-state index in [4.69, 9.17) is 19.9 Å². The first-order valence-corrected chi connectivity index (χ1v) is 15.8. The second-order valence-corrected chi connectivity index (χ2v) is 11.6. The number of nitrogens with zero attached hydrogens (tertiary/aromatic N) is 6. The highest BCUT2D eigenvalue weighted by atomic mass is 14.9. The Labute approximate surface area is 276 Å². The van der Waals surface area contributed by atoms with Crippen molar-refractivity contribution in [2.24, 2.45) is 0 Å². The zero-order valence-corrected chi connectivity index (χ0v) is 25.7. The Morgan fingerprint density at radius 1 is 0.312 bits per heavy atom. The molecular formula is C42H26N6. The van der Waals surface area contributed by atoms with Crippen LogP contribution in [0.3, 0.4) is 0 Å². The average molecular weight is 615 g/mol. The fourth-order valence-electron chi connectivity index (χ4n) is 6.19. The number of fused-ring (bicyclic) bond motifs is 4. The maximum atomic E-state index is 5.19. The quantitative estimate of drug-likeness (QED) is 0.180. The van der Waals surface area contributed by atoms with Crippen molar-refractivity contribution < 1.29 is 0 Å². The second kappa shape index (κ2) is 11.6. The lowest BCUT2D eigenvalue weighted by Crippen LogP contribution is -1.99. The molecule has 0 spiro atoms. The molecule has 6 heteroatoms. The summed E-state index contributed by atoms with van der Waals surface area (Å²) in [7, 11) is 0. The molecule has 5 heterocycles. The Hall–Kier alpha value is -6.66. The molecule has 0 atom stereocenters. The third-order valence-electron chi connectivity index (χ3n) is 8.59. The van der Waals surface area contributed by atoms with E-state index in [0.29, 0.717) is 11.4 Å². The Morgan fingerprint density at radius 2 is 0.854 bits per heavy atom. The van der Waals surface area contributed by atoms with Gasteiger partial charge in [0.05, 0.1) is 44.8 Å². The van der Waals surface area contributed by atoms with Crippen LogP contribution in [0.4, 0.5) is 0 Å². The number of pyridine rings is 4. The maximum Gasteiger partial charge on any atom is 0.117 e. The predicted molar refractivity (Wildman–Crippen MR) is 193 cm³/mol. The third-order valence-corrected chi connectivity index (χ3v) is 8.59. The number of aromatic nitrogens is 6. The molecule has 224 valence electrons. The summed E-state index contributed by atoms with van der Waals surface area (Å²) in [5.41, 5.74) is 12.3. The van der Waals surface area contributed by atoms with Gasteiger partial charge in [0, 0.05) is 39.9 Å². The van der Waals surface area contributed by atoms with Crippen molar-refractivity contribution >= 4 is 32.8 Å². The van der Waals surface area contributed by atoms with Gasteiger partial charge in [-0.25, -0.2) is 19.9 Å². The van der Waals surface area contributed by atoms with Crippen LogP contribution in [0.25, 0.3) is 89.3 Å². The molecule has 0 amide bonds. The summed E-state index contributed by atoms with van der Waals surface area (Å²) in [6.07, 6.45) is 3.54. The van der Waals surface area contributed by atoms with E-state index in [1.54, 1.807) is 12.4 Å². The van der Waals surface area contributed by atoms with Crippen molar-refractivity contribution in [3.05, 3.63) is 158 Å². The van der Waals surface area contributed by atoms with Gasteiger partial charge in [0.1, 0.15) is 11.4 Å². The zero-order chi connectivity index (χ0) is 31.9. The summed E-state index contributed by atoms with van der Waals surface area (Å²) in [5.74, 6) is 0. The van der Waals surface area contributed by atoms with Crippen LogP contribution in [0.1, 0.15) is 0 Å². The van der Waals surface area contributed by atoms with Crippen molar-refractivity contribution in [1.82, 2.24) is 29.9 Å². The highest BCUT2D eigenvalue weighted by Crippen LogP contribution is 2.34. The minimum absolute atomic E-state index is 0.697. The van der Waals surface area contributed by atoms with Crippen LogP contribution < -0.4 is 0 Å². The Balaban J connectivity index is 1.13. The molecule has 0 bridgehead atoms. The molecule has 0 aliphatic rings. The predicted octanol–water partition coefficient (Wildman–Crippen LogP) is 9.85. The van der Waals surface area contributed by atoms with E-state index >= 15 is 0 Å². The lowest BCUT2D eigenvalue weighted by atomic mass is 10.00. The van der Waals surface area contributed by atoms with Gasteiger partial charge >= 0.3 is 0 Å². The third kappa shape index (κ3) is 4.93. The number of hydrogen-bond donors (Lipinski definition) is 0. The summed E-state index contributed by atoms with van der Waals surface area (Å²) < 4.78 is 0. The molecule has 0 saturated heterocycles. The molecule has 6 nitrogen and oxygen atoms in total. The molecule has 0 aliphatic carbocycles. The SMILES string of the molecule is c1ccc(-c2ccc3ccc4ccc(-c5ccc(-c6cccc7nc(-c8ccccn8)c(-c8ccccn8)nc67)cc5)nc4c3n2)cc1. The molecule has 0 aliphatic heterocycles. The molecule has 0 N–H and O–H groups in total. The van der Waals surface area contributed by atoms with E-state index in [1.165, 1.54) is 0 Å². The van der Waals surface area contributed by atoms with E-state index in [2.05, 4.69) is 88.8 Å². The summed E-state index contributed by atoms with van der Waals surface area (Å²) in [4.78, 5) is 29.6. The topological polar surface area (TPSA) is 77.3 Å². The normalized spacial score (nSPS) is 11.3. The van der Waals surface area contributed by atoms with Crippen molar-refractivity contribution in [2.75, 3.05) is 0 Å². The van der Waals surface area contributed by atoms with Crippen LogP contribution in [0.2, 0.25) is 0 Å². The zero-order valence-electron chi connectivity index (χ0n) is 25.7. The Morgan fingerprint density at radius 3 is 1.46 bits per heavy atom. The van der Waals surface area contributed by atoms with Crippen molar-refractivity contribution in [3.8, 4) is 56.4 Å². The largest absolute Gasteiger partial charge is 0.255 e. The summed E-state index contributed by atoms with van der Waals surface area (Å²) in [6, 6.07) is 49.1. The van der Waals surface area contributed by atoms with E-state index in [1.807, 2.05) is 66.7 Å². The molecule has 0 saturated carbocycles. The van der Waals surface area contributed by atoms with Crippen molar-refractivity contribution in [2.45, 2.75) is 0 Å². The smallest absolute Gasteiger partial charge is 0.117 e. The highest BCUT2D eigenvalue weighted by Gasteiger charge is 2.17. The lowest BCUT2D eigenvalue weighted by molar-refractivity contribution is 1.21. The molecule has 9 rings (SSSR count). The molecule has 5 aromatic heterocycles. The van der Waals surface area contributed by atoms with Gasteiger partial charge in [0.25, 0.3) is 0 Å². The van der Waals surface area contributed by atoms with Gasteiger partial charge in [0.2, 0.25) is 0 Å². The van der Waals surface area contributed by atoms with Gasteiger partial charge in [-0.1, -0.05) is 103 Å². The first-order valence-electron chi connectivity index (χ1n) is 15.8. The number of benzene rings is 4. The number of para-hydroxylation sites is 1. The minimum atomic E-state index is 0.697. The van der Waals surface area contributed by atoms with Crippen LogP contribution in [-0.4, -0.2) is 29.9 Å². The average Bonchev–Trinajstić information content (AvgIpc) is 3.18. The van der Waals surface area contributed by atoms with E-state index in [-0.39, 0.29) is 0 Å². The molecule has 0 radical (unpaired) electrons. The second-order valence-electron chi connectivity index (χ2n) is 11.6. The fourth-order valence-corrected chi connectivity index (χ4v) is 6.19. The summed E-state index contributed by atoms with van der Waals surface area (Å²) in [5, 5.41) is 2.12. The maximum absolute atomic E-state index is 5.19. The highest BCUT2D eigenvalue weighted by molar-refractivity contribution is 6.04. The number of hydrogen-bond acceptors (Lipinski definition) is 6. The molecule has 9 aromatic rings. The summed E-state index contributed by atoms with van der Waals surface area (Å²) >= 11 is 0. The molecular weight excluding hydrogens is 589 g/mol. The van der Waals surface area contributed by atoms with Crippen molar-refractivity contribution in [3.63, 3.8) is 0 Å². The minimum Gasteiger partial charge on any atom is -0.255 e. The van der Waals surface area contributed by atoms with Crippen LogP contribution in [0, 0.1) is 0 Å². The fraction of sp³-hybridized carbons (Fsp3) is 0. The first-order chi connectivity index (χ1) is 23.8. The van der Waals surface area contributed by atoms with Gasteiger partial charge in [-0.15, -0.1) is 0 Å². The first kappa shape index (κ1) is 27.6. The molecule has 4 aromatic carbocycles. The van der Waals surface area contributed by atoms with E-state index < -0.39 is 0 Å². The van der Waals surface area contributed by atoms with Gasteiger partial charge in [-0.3, -0.25) is 9.97 Å². The van der Waals surface area contributed by atoms with Crippen molar-refractivity contribution in [1.29, 1.82) is 0 Å².